The van der Waals surface area contributed by atoms with Crippen molar-refractivity contribution in [2.24, 2.45) is 18.9 Å². The van der Waals surface area contributed by atoms with Gasteiger partial charge in [-0.2, -0.15) is 10.1 Å². The van der Waals surface area contributed by atoms with Crippen LogP contribution in [0.2, 0.25) is 5.02 Å². The van der Waals surface area contributed by atoms with Crippen LogP contribution in [0.15, 0.2) is 29.6 Å². The summed E-state index contributed by atoms with van der Waals surface area (Å²) in [7, 11) is 0.258. The highest BCUT2D eigenvalue weighted by Gasteiger charge is 2.29. The first-order valence-electron chi connectivity index (χ1n) is 15.1. The van der Waals surface area contributed by atoms with Crippen LogP contribution in [0.25, 0.3) is 0 Å². The van der Waals surface area contributed by atoms with Crippen LogP contribution in [0.3, 0.4) is 0 Å². The average Bonchev–Trinajstić information content (AvgIpc) is 3.65. The highest BCUT2D eigenvalue weighted by atomic mass is 35.5. The summed E-state index contributed by atoms with van der Waals surface area (Å²) in [5.41, 5.74) is 3.64. The van der Waals surface area contributed by atoms with Crippen molar-refractivity contribution in [3.8, 4) is 5.75 Å². The van der Waals surface area contributed by atoms with Crippen molar-refractivity contribution in [3.05, 3.63) is 40.7 Å². The highest BCUT2D eigenvalue weighted by Crippen LogP contribution is 2.41. The molecule has 2 N–H and O–H groups in total. The summed E-state index contributed by atoms with van der Waals surface area (Å²) >= 11 is 6.46. The van der Waals surface area contributed by atoms with Gasteiger partial charge < -0.3 is 20.3 Å². The van der Waals surface area contributed by atoms with Crippen molar-refractivity contribution in [2.75, 3.05) is 30.8 Å². The number of nitrogens with one attached hydrogen (secondary N) is 2. The Kier molecular flexibility index (Phi) is 9.25. The molecule has 2 aromatic heterocycles. The molecule has 0 amide bonds. The van der Waals surface area contributed by atoms with Crippen LogP contribution >= 0.6 is 11.6 Å². The average molecular weight is 630 g/mol. The maximum atomic E-state index is 12.9. The fraction of sp³-hybridized carbons (Fsp3) is 0.581. The van der Waals surface area contributed by atoms with E-state index in [-0.39, 0.29) is 22.0 Å². The number of anilines is 4. The minimum absolute atomic E-state index is 0.0509. The van der Waals surface area contributed by atoms with E-state index in [1.807, 2.05) is 0 Å². The predicted molar refractivity (Wildman–Crippen MR) is 172 cm³/mol. The quantitative estimate of drug-likeness (QED) is 0.275. The Bertz CT molecular complexity index is 1560. The number of sulfone groups is 1. The monoisotopic (exact) mass is 629 g/mol. The second-order valence-corrected chi connectivity index (χ2v) is 15.7. The molecule has 0 bridgehead atoms. The molecule has 1 saturated heterocycles. The second kappa shape index (κ2) is 12.6. The third-order valence-electron chi connectivity index (χ3n) is 8.18. The molecule has 1 aliphatic heterocycles. The van der Waals surface area contributed by atoms with Gasteiger partial charge in [0.05, 0.1) is 28.9 Å². The summed E-state index contributed by atoms with van der Waals surface area (Å²) in [5.74, 6) is 3.07. The lowest BCUT2D eigenvalue weighted by molar-refractivity contribution is 0.198. The van der Waals surface area contributed by atoms with Gasteiger partial charge in [-0.3, -0.25) is 4.68 Å². The molecule has 3 aromatic rings. The molecule has 2 unspecified atom stereocenters. The largest absolute Gasteiger partial charge is 0.488 e. The molecule has 0 spiro atoms. The molecule has 43 heavy (non-hydrogen) atoms. The second-order valence-electron chi connectivity index (χ2n) is 12.9. The fourth-order valence-corrected chi connectivity index (χ4v) is 7.30. The van der Waals surface area contributed by atoms with E-state index in [0.717, 1.165) is 50.2 Å². The standard InChI is InChI=1S/C31H44ClN7O3S/c1-18(2)43(40,41)30-27(17-39(7)37-30)34-29-25(32)14-33-31(36-29)35-26-12-21(5)24(13-28(26)42-23-8-9-23)22-10-19(3)15-38(6)16-20(4)11-22/h12-14,17-20,22-23H,8-11,15-16H2,1-7H3,(H2,33,34,35,36). The number of nitrogens with zero attached hydrogens (tertiary/aromatic N) is 5. The Labute approximate surface area is 260 Å². The molecule has 0 radical (unpaired) electrons. The number of hydrogen-bond acceptors (Lipinski definition) is 9. The first-order chi connectivity index (χ1) is 20.3. The lowest BCUT2D eigenvalue weighted by Crippen LogP contribution is -2.33. The minimum Gasteiger partial charge on any atom is -0.488 e. The molecule has 3 heterocycles. The Hall–Kier alpha value is -2.89. The molecular weight excluding hydrogens is 586 g/mol. The van der Waals surface area contributed by atoms with Crippen molar-refractivity contribution >= 4 is 44.6 Å². The molecule has 2 aliphatic rings. The van der Waals surface area contributed by atoms with Crippen LogP contribution < -0.4 is 15.4 Å². The molecule has 1 aromatic carbocycles. The van der Waals surface area contributed by atoms with E-state index in [0.29, 0.717) is 29.4 Å². The van der Waals surface area contributed by atoms with E-state index >= 15 is 0 Å². The maximum Gasteiger partial charge on any atom is 0.229 e. The van der Waals surface area contributed by atoms with Gasteiger partial charge in [-0.1, -0.05) is 25.4 Å². The van der Waals surface area contributed by atoms with E-state index in [4.69, 9.17) is 16.3 Å². The maximum absolute atomic E-state index is 12.9. The number of rotatable bonds is 9. The number of aromatic nitrogens is 4. The van der Waals surface area contributed by atoms with E-state index < -0.39 is 15.1 Å². The number of ether oxygens (including phenoxy) is 1. The predicted octanol–water partition coefficient (Wildman–Crippen LogP) is 6.46. The Morgan fingerprint density at radius 3 is 2.35 bits per heavy atom. The van der Waals surface area contributed by atoms with Crippen molar-refractivity contribution < 1.29 is 13.2 Å². The smallest absolute Gasteiger partial charge is 0.229 e. The zero-order chi connectivity index (χ0) is 31.1. The molecule has 1 saturated carbocycles. The van der Waals surface area contributed by atoms with Crippen LogP contribution in [-0.4, -0.2) is 64.6 Å². The normalized spacial score (nSPS) is 21.8. The third kappa shape index (κ3) is 7.44. The first-order valence-corrected chi connectivity index (χ1v) is 17.1. The summed E-state index contributed by atoms with van der Waals surface area (Å²) < 4.78 is 33.7. The van der Waals surface area contributed by atoms with Crippen LogP contribution in [0.1, 0.15) is 70.4 Å². The molecule has 12 heteroatoms. The fourth-order valence-electron chi connectivity index (χ4n) is 6.06. The lowest BCUT2D eigenvalue weighted by atomic mass is 9.80. The van der Waals surface area contributed by atoms with Gasteiger partial charge in [-0.15, -0.1) is 0 Å². The topological polar surface area (TPSA) is 114 Å². The molecule has 5 rings (SSSR count). The van der Waals surface area contributed by atoms with Crippen molar-refractivity contribution in [3.63, 3.8) is 0 Å². The van der Waals surface area contributed by atoms with E-state index in [1.165, 1.54) is 22.0 Å². The number of halogens is 1. The van der Waals surface area contributed by atoms with Gasteiger partial charge in [-0.05, 0) is 94.5 Å². The molecule has 1 aliphatic carbocycles. The number of aryl methyl sites for hydroxylation is 2. The molecular formula is C31H44ClN7O3S. The molecule has 10 nitrogen and oxygen atoms in total. The van der Waals surface area contributed by atoms with E-state index in [9.17, 15) is 8.42 Å². The van der Waals surface area contributed by atoms with Gasteiger partial charge in [0.15, 0.2) is 5.82 Å². The molecule has 2 fully saturated rings. The summed E-state index contributed by atoms with van der Waals surface area (Å²) in [6.45, 7) is 12.3. The summed E-state index contributed by atoms with van der Waals surface area (Å²) in [4.78, 5) is 11.5. The minimum atomic E-state index is -3.64. The lowest BCUT2D eigenvalue weighted by Gasteiger charge is -2.34. The van der Waals surface area contributed by atoms with E-state index in [1.54, 1.807) is 27.1 Å². The number of likely N-dealkylation sites (tertiary alicyclic amines) is 1. The Balaban J connectivity index is 1.44. The van der Waals surface area contributed by atoms with Gasteiger partial charge >= 0.3 is 0 Å². The first kappa shape index (κ1) is 31.5. The van der Waals surface area contributed by atoms with E-state index in [2.05, 4.69) is 70.6 Å². The Morgan fingerprint density at radius 2 is 1.72 bits per heavy atom. The molecule has 2 atom stereocenters. The molecule has 234 valence electrons. The van der Waals surface area contributed by atoms with Crippen molar-refractivity contribution in [2.45, 2.75) is 82.6 Å². The van der Waals surface area contributed by atoms with Crippen molar-refractivity contribution in [1.29, 1.82) is 0 Å². The number of benzene rings is 1. The zero-order valence-corrected chi connectivity index (χ0v) is 27.8. The van der Waals surface area contributed by atoms with Crippen LogP contribution in [-0.2, 0) is 16.9 Å². The van der Waals surface area contributed by atoms with Gasteiger partial charge in [0.2, 0.25) is 20.8 Å². The van der Waals surface area contributed by atoms with Gasteiger partial charge in [-0.25, -0.2) is 13.4 Å². The van der Waals surface area contributed by atoms with Gasteiger partial charge in [0, 0.05) is 26.3 Å². The highest BCUT2D eigenvalue weighted by molar-refractivity contribution is 7.92. The van der Waals surface area contributed by atoms with Crippen LogP contribution in [0.4, 0.5) is 23.1 Å². The van der Waals surface area contributed by atoms with Gasteiger partial charge in [0.1, 0.15) is 10.8 Å². The zero-order valence-electron chi connectivity index (χ0n) is 26.2. The number of hydrogen-bond donors (Lipinski definition) is 2. The van der Waals surface area contributed by atoms with Crippen LogP contribution in [0.5, 0.6) is 5.75 Å². The summed E-state index contributed by atoms with van der Waals surface area (Å²) in [6.07, 6.45) is 7.68. The van der Waals surface area contributed by atoms with Crippen LogP contribution in [0, 0.1) is 18.8 Å². The SMILES string of the molecule is Cc1cc(Nc2ncc(Cl)c(Nc3cn(C)nc3S(=O)(=O)C(C)C)n2)c(OC2CC2)cc1C1CC(C)CN(C)CC(C)C1. The third-order valence-corrected chi connectivity index (χ3v) is 10.5. The Morgan fingerprint density at radius 1 is 1.05 bits per heavy atom. The van der Waals surface area contributed by atoms with Crippen molar-refractivity contribution in [1.82, 2.24) is 24.6 Å². The summed E-state index contributed by atoms with van der Waals surface area (Å²) in [6, 6.07) is 4.35. The summed E-state index contributed by atoms with van der Waals surface area (Å²) in [5, 5.41) is 10.2. The van der Waals surface area contributed by atoms with Gasteiger partial charge in [0.25, 0.3) is 0 Å².